The lowest BCUT2D eigenvalue weighted by molar-refractivity contribution is 0.552. The summed E-state index contributed by atoms with van der Waals surface area (Å²) in [5, 5.41) is 0.559. The van der Waals surface area contributed by atoms with E-state index >= 15 is 0 Å². The second-order valence-corrected chi connectivity index (χ2v) is 7.63. The molecule has 0 aromatic heterocycles. The summed E-state index contributed by atoms with van der Waals surface area (Å²) in [7, 11) is -3.64. The Hall–Kier alpha value is -1.07. The Kier molecular flexibility index (Phi) is 3.74. The van der Waals surface area contributed by atoms with E-state index in [1.54, 1.807) is 0 Å². The van der Waals surface area contributed by atoms with Gasteiger partial charge in [0.05, 0.1) is 20.5 Å². The van der Waals surface area contributed by atoms with Crippen LogP contribution < -0.4 is 4.72 Å². The zero-order chi connectivity index (χ0) is 15.1. The van der Waals surface area contributed by atoms with Crippen molar-refractivity contribution in [3.05, 3.63) is 64.1 Å². The van der Waals surface area contributed by atoms with Crippen molar-refractivity contribution < 1.29 is 8.42 Å². The van der Waals surface area contributed by atoms with Crippen molar-refractivity contribution in [2.75, 3.05) is 0 Å². The van der Waals surface area contributed by atoms with E-state index < -0.39 is 15.6 Å². The van der Waals surface area contributed by atoms with E-state index in [1.807, 2.05) is 30.3 Å². The van der Waals surface area contributed by atoms with Gasteiger partial charge >= 0.3 is 0 Å². The fraction of sp³-hybridized carbons (Fsp3) is 0.200. The third-order valence-electron chi connectivity index (χ3n) is 3.61. The summed E-state index contributed by atoms with van der Waals surface area (Å²) in [6.07, 6.45) is 1.58. The Morgan fingerprint density at radius 1 is 0.952 bits per heavy atom. The van der Waals surface area contributed by atoms with Gasteiger partial charge in [0, 0.05) is 0 Å². The summed E-state index contributed by atoms with van der Waals surface area (Å²) >= 11 is 11.7. The van der Waals surface area contributed by atoms with E-state index in [0.29, 0.717) is 5.02 Å². The minimum Gasteiger partial charge on any atom is -0.207 e. The highest BCUT2D eigenvalue weighted by Gasteiger charge is 2.47. The zero-order valence-electron chi connectivity index (χ0n) is 11.0. The molecule has 1 aliphatic carbocycles. The number of nitrogens with one attached hydrogen (secondary N) is 1. The van der Waals surface area contributed by atoms with Crippen LogP contribution in [0.3, 0.4) is 0 Å². The van der Waals surface area contributed by atoms with E-state index in [1.165, 1.54) is 18.2 Å². The minimum atomic E-state index is -3.64. The van der Waals surface area contributed by atoms with Crippen molar-refractivity contribution in [2.24, 2.45) is 0 Å². The van der Waals surface area contributed by atoms with E-state index in [9.17, 15) is 8.42 Å². The molecule has 1 fully saturated rings. The first kappa shape index (κ1) is 14.9. The number of halogens is 2. The highest BCUT2D eigenvalue weighted by Crippen LogP contribution is 2.46. The van der Waals surface area contributed by atoms with Crippen molar-refractivity contribution in [3.8, 4) is 0 Å². The number of sulfonamides is 1. The molecule has 1 aliphatic rings. The zero-order valence-corrected chi connectivity index (χ0v) is 13.3. The molecule has 3 nitrogen and oxygen atoms in total. The fourth-order valence-electron chi connectivity index (χ4n) is 2.29. The predicted molar refractivity (Wildman–Crippen MR) is 84.1 cm³/mol. The van der Waals surface area contributed by atoms with Gasteiger partial charge in [-0.1, -0.05) is 53.5 Å². The molecule has 0 heterocycles. The predicted octanol–water partition coefficient (Wildman–Crippen LogP) is 3.96. The molecule has 0 amide bonds. The lowest BCUT2D eigenvalue weighted by Gasteiger charge is -2.18. The standard InChI is InChI=1S/C15H13Cl2NO2S/c16-13-7-6-12(10-14(13)17)21(19,20)18-15(8-9-15)11-4-2-1-3-5-11/h1-7,10,18H,8-9H2. The van der Waals surface area contributed by atoms with Crippen LogP contribution in [-0.2, 0) is 15.6 Å². The van der Waals surface area contributed by atoms with Crippen LogP contribution in [0.2, 0.25) is 10.0 Å². The van der Waals surface area contributed by atoms with Gasteiger partial charge in [0.1, 0.15) is 0 Å². The van der Waals surface area contributed by atoms with Crippen molar-refractivity contribution in [1.82, 2.24) is 4.72 Å². The third kappa shape index (κ3) is 2.94. The normalized spacial score (nSPS) is 16.7. The third-order valence-corrected chi connectivity index (χ3v) is 5.88. The van der Waals surface area contributed by atoms with Gasteiger partial charge in [0.15, 0.2) is 0 Å². The van der Waals surface area contributed by atoms with Crippen molar-refractivity contribution >= 4 is 33.2 Å². The topological polar surface area (TPSA) is 46.2 Å². The van der Waals surface area contributed by atoms with E-state index in [4.69, 9.17) is 23.2 Å². The molecular weight excluding hydrogens is 329 g/mol. The number of benzene rings is 2. The Bertz CT molecular complexity index is 772. The van der Waals surface area contributed by atoms with E-state index in [-0.39, 0.29) is 9.92 Å². The molecule has 0 spiro atoms. The molecule has 21 heavy (non-hydrogen) atoms. The monoisotopic (exact) mass is 341 g/mol. The fourth-order valence-corrected chi connectivity index (χ4v) is 4.13. The van der Waals surface area contributed by atoms with Crippen LogP contribution in [0, 0.1) is 0 Å². The summed E-state index contributed by atoms with van der Waals surface area (Å²) < 4.78 is 27.8. The van der Waals surface area contributed by atoms with Gasteiger partial charge < -0.3 is 0 Å². The van der Waals surface area contributed by atoms with Gasteiger partial charge in [-0.05, 0) is 36.6 Å². The lowest BCUT2D eigenvalue weighted by Crippen LogP contribution is -2.34. The molecular formula is C15H13Cl2NO2S. The maximum absolute atomic E-state index is 12.5. The molecule has 0 unspecified atom stereocenters. The van der Waals surface area contributed by atoms with Gasteiger partial charge in [0.2, 0.25) is 10.0 Å². The van der Waals surface area contributed by atoms with Gasteiger partial charge in [0.25, 0.3) is 0 Å². The summed E-state index contributed by atoms with van der Waals surface area (Å²) in [4.78, 5) is 0.124. The first-order valence-corrected chi connectivity index (χ1v) is 8.71. The minimum absolute atomic E-state index is 0.124. The highest BCUT2D eigenvalue weighted by atomic mass is 35.5. The molecule has 0 aliphatic heterocycles. The quantitative estimate of drug-likeness (QED) is 0.914. The number of rotatable bonds is 4. The molecule has 6 heteroatoms. The summed E-state index contributed by atoms with van der Waals surface area (Å²) in [5.74, 6) is 0. The van der Waals surface area contributed by atoms with Crippen LogP contribution in [0.5, 0.6) is 0 Å². The first-order valence-electron chi connectivity index (χ1n) is 6.48. The molecule has 0 radical (unpaired) electrons. The molecule has 2 aromatic rings. The van der Waals surface area contributed by atoms with Gasteiger partial charge in [-0.3, -0.25) is 0 Å². The van der Waals surface area contributed by atoms with Crippen molar-refractivity contribution in [1.29, 1.82) is 0 Å². The summed E-state index contributed by atoms with van der Waals surface area (Å²) in [6, 6.07) is 13.9. The van der Waals surface area contributed by atoms with E-state index in [2.05, 4.69) is 4.72 Å². The number of hydrogen-bond acceptors (Lipinski definition) is 2. The second kappa shape index (κ2) is 5.29. The van der Waals surface area contributed by atoms with Crippen molar-refractivity contribution in [2.45, 2.75) is 23.3 Å². The molecule has 2 aromatic carbocycles. The van der Waals surface area contributed by atoms with Gasteiger partial charge in [-0.2, -0.15) is 0 Å². The summed E-state index contributed by atoms with van der Waals surface area (Å²) in [5.41, 5.74) is 0.486. The Balaban J connectivity index is 1.92. The second-order valence-electron chi connectivity index (χ2n) is 5.13. The largest absolute Gasteiger partial charge is 0.241 e. The van der Waals surface area contributed by atoms with Crippen LogP contribution >= 0.6 is 23.2 Å². The van der Waals surface area contributed by atoms with E-state index in [0.717, 1.165) is 18.4 Å². The Labute approximate surface area is 133 Å². The summed E-state index contributed by atoms with van der Waals surface area (Å²) in [6.45, 7) is 0. The van der Waals surface area contributed by atoms with Gasteiger partial charge in [-0.25, -0.2) is 13.1 Å². The smallest absolute Gasteiger partial charge is 0.207 e. The molecule has 110 valence electrons. The van der Waals surface area contributed by atoms with Gasteiger partial charge in [-0.15, -0.1) is 0 Å². The van der Waals surface area contributed by atoms with Crippen LogP contribution in [0.1, 0.15) is 18.4 Å². The Morgan fingerprint density at radius 2 is 1.62 bits per heavy atom. The van der Waals surface area contributed by atoms with Crippen LogP contribution in [0.25, 0.3) is 0 Å². The molecule has 0 bridgehead atoms. The molecule has 0 saturated heterocycles. The number of hydrogen-bond donors (Lipinski definition) is 1. The average molecular weight is 342 g/mol. The molecule has 1 saturated carbocycles. The van der Waals surface area contributed by atoms with Crippen LogP contribution in [-0.4, -0.2) is 8.42 Å². The van der Waals surface area contributed by atoms with Crippen molar-refractivity contribution in [3.63, 3.8) is 0 Å². The highest BCUT2D eigenvalue weighted by molar-refractivity contribution is 7.89. The lowest BCUT2D eigenvalue weighted by atomic mass is 10.1. The maximum Gasteiger partial charge on any atom is 0.241 e. The van der Waals surface area contributed by atoms with Crippen LogP contribution in [0.15, 0.2) is 53.4 Å². The molecule has 3 rings (SSSR count). The SMILES string of the molecule is O=S(=O)(NC1(c2ccccc2)CC1)c1ccc(Cl)c(Cl)c1. The van der Waals surface area contributed by atoms with Crippen LogP contribution in [0.4, 0.5) is 0 Å². The molecule has 1 N–H and O–H groups in total. The Morgan fingerprint density at radius 3 is 2.19 bits per heavy atom. The first-order chi connectivity index (χ1) is 9.93. The molecule has 0 atom stereocenters. The average Bonchev–Trinajstić information content (AvgIpc) is 3.23. The maximum atomic E-state index is 12.5.